The molecule has 6 nitrogen and oxygen atoms in total. The summed E-state index contributed by atoms with van der Waals surface area (Å²) in [6.07, 6.45) is 0. The van der Waals surface area contributed by atoms with Crippen molar-refractivity contribution in [3.63, 3.8) is 0 Å². The molecular formula is C12H18N2O4. The Morgan fingerprint density at radius 1 is 1.06 bits per heavy atom. The molecule has 0 aliphatic rings. The third-order valence-corrected chi connectivity index (χ3v) is 2.45. The lowest BCUT2D eigenvalue weighted by molar-refractivity contribution is 0.242. The molecule has 18 heavy (non-hydrogen) atoms. The molecule has 0 atom stereocenters. The molecule has 2 amide bonds. The lowest BCUT2D eigenvalue weighted by atomic mass is 10.1. The number of ether oxygens (including phenoxy) is 3. The van der Waals surface area contributed by atoms with Crippen molar-refractivity contribution < 1.29 is 19.0 Å². The van der Waals surface area contributed by atoms with Crippen LogP contribution >= 0.6 is 0 Å². The first kappa shape index (κ1) is 14.0. The van der Waals surface area contributed by atoms with E-state index in [2.05, 4.69) is 10.6 Å². The topological polar surface area (TPSA) is 68.8 Å². The Morgan fingerprint density at radius 2 is 1.61 bits per heavy atom. The van der Waals surface area contributed by atoms with E-state index in [0.29, 0.717) is 23.8 Å². The number of hydrogen-bond donors (Lipinski definition) is 2. The molecule has 2 N–H and O–H groups in total. The van der Waals surface area contributed by atoms with Crippen molar-refractivity contribution in [3.05, 3.63) is 17.7 Å². The second-order valence-corrected chi connectivity index (χ2v) is 3.45. The summed E-state index contributed by atoms with van der Waals surface area (Å²) < 4.78 is 15.6. The predicted octanol–water partition coefficient (Wildman–Crippen LogP) is 1.14. The van der Waals surface area contributed by atoms with E-state index in [1.165, 1.54) is 0 Å². The van der Waals surface area contributed by atoms with Gasteiger partial charge in [0, 0.05) is 25.2 Å². The van der Waals surface area contributed by atoms with Gasteiger partial charge in [-0.25, -0.2) is 4.79 Å². The molecule has 1 aromatic carbocycles. The molecule has 0 heterocycles. The Hall–Kier alpha value is -2.11. The van der Waals surface area contributed by atoms with Gasteiger partial charge in [0.05, 0.1) is 21.3 Å². The zero-order valence-electron chi connectivity index (χ0n) is 11.0. The normalized spacial score (nSPS) is 9.56. The Bertz CT molecular complexity index is 421. The minimum Gasteiger partial charge on any atom is -0.496 e. The van der Waals surface area contributed by atoms with Gasteiger partial charge in [-0.2, -0.15) is 0 Å². The van der Waals surface area contributed by atoms with Gasteiger partial charge in [-0.3, -0.25) is 0 Å². The highest BCUT2D eigenvalue weighted by molar-refractivity contribution is 5.73. The highest BCUT2D eigenvalue weighted by Gasteiger charge is 2.12. The molecule has 0 aliphatic carbocycles. The fourth-order valence-electron chi connectivity index (χ4n) is 1.49. The highest BCUT2D eigenvalue weighted by Crippen LogP contribution is 2.34. The quantitative estimate of drug-likeness (QED) is 0.826. The van der Waals surface area contributed by atoms with Crippen LogP contribution < -0.4 is 24.8 Å². The molecule has 0 radical (unpaired) electrons. The van der Waals surface area contributed by atoms with Crippen molar-refractivity contribution in [1.29, 1.82) is 0 Å². The van der Waals surface area contributed by atoms with Crippen LogP contribution in [0.25, 0.3) is 0 Å². The van der Waals surface area contributed by atoms with Crippen molar-refractivity contribution in [1.82, 2.24) is 10.6 Å². The van der Waals surface area contributed by atoms with Crippen molar-refractivity contribution in [2.24, 2.45) is 0 Å². The lowest BCUT2D eigenvalue weighted by Gasteiger charge is -2.14. The van der Waals surface area contributed by atoms with Crippen molar-refractivity contribution in [3.8, 4) is 17.2 Å². The van der Waals surface area contributed by atoms with Gasteiger partial charge < -0.3 is 24.8 Å². The maximum atomic E-state index is 11.1. The Balaban J connectivity index is 2.98. The zero-order chi connectivity index (χ0) is 13.5. The van der Waals surface area contributed by atoms with E-state index in [1.807, 2.05) is 0 Å². The number of carbonyl (C=O) groups excluding carboxylic acids is 1. The maximum Gasteiger partial charge on any atom is 0.314 e. The van der Waals surface area contributed by atoms with E-state index in [4.69, 9.17) is 14.2 Å². The van der Waals surface area contributed by atoms with Crippen molar-refractivity contribution in [2.75, 3.05) is 28.4 Å². The zero-order valence-corrected chi connectivity index (χ0v) is 11.0. The van der Waals surface area contributed by atoms with Crippen LogP contribution in [0.3, 0.4) is 0 Å². The standard InChI is InChI=1S/C12H18N2O4/c1-13-12(15)14-7-8-5-10(17-3)11(18-4)6-9(8)16-2/h5-6H,7H2,1-4H3,(H2,13,14,15). The van der Waals surface area contributed by atoms with Gasteiger partial charge in [0.1, 0.15) is 5.75 Å². The van der Waals surface area contributed by atoms with Gasteiger partial charge in [0.25, 0.3) is 0 Å². The lowest BCUT2D eigenvalue weighted by Crippen LogP contribution is -2.32. The molecule has 0 saturated heterocycles. The summed E-state index contributed by atoms with van der Waals surface area (Å²) >= 11 is 0. The summed E-state index contributed by atoms with van der Waals surface area (Å²) in [5.74, 6) is 1.80. The van der Waals surface area contributed by atoms with Gasteiger partial charge in [0.15, 0.2) is 11.5 Å². The second-order valence-electron chi connectivity index (χ2n) is 3.45. The summed E-state index contributed by atoms with van der Waals surface area (Å²) in [5.41, 5.74) is 0.804. The number of benzene rings is 1. The number of nitrogens with one attached hydrogen (secondary N) is 2. The van der Waals surface area contributed by atoms with E-state index in [0.717, 1.165) is 5.56 Å². The number of methoxy groups -OCH3 is 3. The number of urea groups is 1. The highest BCUT2D eigenvalue weighted by atomic mass is 16.5. The summed E-state index contributed by atoms with van der Waals surface area (Å²) in [6.45, 7) is 0.337. The Kier molecular flexibility index (Phi) is 5.10. The Labute approximate surface area is 106 Å². The average Bonchev–Trinajstić information content (AvgIpc) is 2.43. The number of rotatable bonds is 5. The fraction of sp³-hybridized carbons (Fsp3) is 0.417. The van der Waals surface area contributed by atoms with Crippen LogP contribution in [-0.2, 0) is 6.54 Å². The fourth-order valence-corrected chi connectivity index (χ4v) is 1.49. The van der Waals surface area contributed by atoms with Gasteiger partial charge in [-0.15, -0.1) is 0 Å². The van der Waals surface area contributed by atoms with Crippen LogP contribution in [-0.4, -0.2) is 34.4 Å². The summed E-state index contributed by atoms with van der Waals surface area (Å²) in [6, 6.07) is 3.24. The number of hydrogen-bond acceptors (Lipinski definition) is 4. The predicted molar refractivity (Wildman–Crippen MR) is 67.4 cm³/mol. The van der Waals surface area contributed by atoms with Crippen LogP contribution in [0.5, 0.6) is 17.2 Å². The molecule has 100 valence electrons. The number of carbonyl (C=O) groups is 1. The third kappa shape index (κ3) is 3.19. The second kappa shape index (κ2) is 6.58. The monoisotopic (exact) mass is 254 g/mol. The minimum absolute atomic E-state index is 0.258. The van der Waals surface area contributed by atoms with Gasteiger partial charge in [0.2, 0.25) is 0 Å². The molecule has 0 aliphatic heterocycles. The first-order valence-electron chi connectivity index (χ1n) is 5.40. The van der Waals surface area contributed by atoms with E-state index < -0.39 is 0 Å². The molecular weight excluding hydrogens is 236 g/mol. The first-order chi connectivity index (χ1) is 8.65. The van der Waals surface area contributed by atoms with Crippen LogP contribution in [0.4, 0.5) is 4.79 Å². The summed E-state index contributed by atoms with van der Waals surface area (Å²) in [5, 5.41) is 5.16. The van der Waals surface area contributed by atoms with Crippen LogP contribution in [0.15, 0.2) is 12.1 Å². The molecule has 0 unspecified atom stereocenters. The number of amides is 2. The smallest absolute Gasteiger partial charge is 0.314 e. The molecule has 0 bridgehead atoms. The maximum absolute atomic E-state index is 11.1. The molecule has 6 heteroatoms. The largest absolute Gasteiger partial charge is 0.496 e. The van der Waals surface area contributed by atoms with Crippen LogP contribution in [0, 0.1) is 0 Å². The van der Waals surface area contributed by atoms with E-state index >= 15 is 0 Å². The Morgan fingerprint density at radius 3 is 2.11 bits per heavy atom. The third-order valence-electron chi connectivity index (χ3n) is 2.45. The van der Waals surface area contributed by atoms with E-state index in [9.17, 15) is 4.79 Å². The molecule has 0 fully saturated rings. The molecule has 1 rings (SSSR count). The summed E-state index contributed by atoms with van der Waals surface area (Å²) in [7, 11) is 6.23. The van der Waals surface area contributed by atoms with Crippen LogP contribution in [0.1, 0.15) is 5.56 Å². The molecule has 0 spiro atoms. The van der Waals surface area contributed by atoms with Crippen LogP contribution in [0.2, 0.25) is 0 Å². The SMILES string of the molecule is CNC(=O)NCc1cc(OC)c(OC)cc1OC. The average molecular weight is 254 g/mol. The van der Waals surface area contributed by atoms with Gasteiger partial charge in [-0.05, 0) is 6.07 Å². The molecule has 0 aromatic heterocycles. The minimum atomic E-state index is -0.258. The molecule has 0 saturated carbocycles. The van der Waals surface area contributed by atoms with E-state index in [1.54, 1.807) is 40.5 Å². The van der Waals surface area contributed by atoms with Crippen molar-refractivity contribution >= 4 is 6.03 Å². The van der Waals surface area contributed by atoms with E-state index in [-0.39, 0.29) is 6.03 Å². The molecule has 1 aromatic rings. The van der Waals surface area contributed by atoms with Gasteiger partial charge >= 0.3 is 6.03 Å². The summed E-state index contributed by atoms with van der Waals surface area (Å²) in [4.78, 5) is 11.1. The van der Waals surface area contributed by atoms with Gasteiger partial charge in [-0.1, -0.05) is 0 Å². The van der Waals surface area contributed by atoms with Crippen molar-refractivity contribution in [2.45, 2.75) is 6.54 Å². The first-order valence-corrected chi connectivity index (χ1v) is 5.40.